The van der Waals surface area contributed by atoms with Gasteiger partial charge in [-0.05, 0) is 24.1 Å². The summed E-state index contributed by atoms with van der Waals surface area (Å²) in [5, 5.41) is 1.16. The van der Waals surface area contributed by atoms with Crippen molar-refractivity contribution < 1.29 is 0 Å². The first-order chi connectivity index (χ1) is 8.09. The number of hydrogen-bond acceptors (Lipinski definition) is 1. The van der Waals surface area contributed by atoms with Crippen LogP contribution in [0, 0.1) is 0 Å². The molecule has 0 bridgehead atoms. The van der Waals surface area contributed by atoms with Crippen LogP contribution >= 0.6 is 23.2 Å². The van der Waals surface area contributed by atoms with Crippen molar-refractivity contribution in [1.82, 2.24) is 0 Å². The maximum atomic E-state index is 6.17. The van der Waals surface area contributed by atoms with Crippen LogP contribution in [0.3, 0.4) is 0 Å². The highest BCUT2D eigenvalue weighted by molar-refractivity contribution is 6.43. The Balaban J connectivity index is 2.43. The Labute approximate surface area is 111 Å². The van der Waals surface area contributed by atoms with E-state index in [1.807, 2.05) is 43.3 Å². The zero-order valence-electron chi connectivity index (χ0n) is 9.45. The van der Waals surface area contributed by atoms with Crippen molar-refractivity contribution in [2.24, 2.45) is 5.73 Å². The van der Waals surface area contributed by atoms with Gasteiger partial charge in [0.1, 0.15) is 0 Å². The predicted octanol–water partition coefficient (Wildman–Crippen LogP) is 4.68. The third kappa shape index (κ3) is 2.63. The van der Waals surface area contributed by atoms with E-state index >= 15 is 0 Å². The van der Waals surface area contributed by atoms with Crippen LogP contribution in [0.2, 0.25) is 10.0 Å². The number of rotatable bonds is 2. The monoisotopic (exact) mass is 265 g/mol. The quantitative estimate of drug-likeness (QED) is 0.839. The lowest BCUT2D eigenvalue weighted by Gasteiger charge is -2.09. The Kier molecular flexibility index (Phi) is 3.72. The van der Waals surface area contributed by atoms with Crippen LogP contribution in [0.25, 0.3) is 11.1 Å². The van der Waals surface area contributed by atoms with Gasteiger partial charge in [-0.3, -0.25) is 0 Å². The highest BCUT2D eigenvalue weighted by Crippen LogP contribution is 2.33. The maximum Gasteiger partial charge on any atom is 0.0670 e. The Morgan fingerprint density at radius 1 is 1.00 bits per heavy atom. The third-order valence-corrected chi connectivity index (χ3v) is 3.52. The van der Waals surface area contributed by atoms with Crippen LogP contribution in [0.5, 0.6) is 0 Å². The standard InChI is InChI=1S/C14H13Cl2N/c1-9(17)10-5-7-11(8-6-10)12-3-2-4-13(15)14(12)16/h2-9H,17H2,1H3. The molecule has 2 N–H and O–H groups in total. The molecule has 1 unspecified atom stereocenters. The molecular formula is C14H13Cl2N. The minimum Gasteiger partial charge on any atom is -0.324 e. The lowest BCUT2D eigenvalue weighted by molar-refractivity contribution is 0.818. The molecule has 1 atom stereocenters. The molecule has 2 aromatic carbocycles. The van der Waals surface area contributed by atoms with Gasteiger partial charge in [-0.15, -0.1) is 0 Å². The van der Waals surface area contributed by atoms with E-state index in [9.17, 15) is 0 Å². The zero-order valence-corrected chi connectivity index (χ0v) is 11.0. The number of nitrogens with two attached hydrogens (primary N) is 1. The summed E-state index contributed by atoms with van der Waals surface area (Å²) in [6.45, 7) is 1.96. The summed E-state index contributed by atoms with van der Waals surface area (Å²) in [5.41, 5.74) is 8.90. The Morgan fingerprint density at radius 3 is 2.24 bits per heavy atom. The average molecular weight is 266 g/mol. The van der Waals surface area contributed by atoms with Gasteiger partial charge in [0.25, 0.3) is 0 Å². The molecule has 0 spiro atoms. The van der Waals surface area contributed by atoms with Gasteiger partial charge in [0.2, 0.25) is 0 Å². The summed E-state index contributed by atoms with van der Waals surface area (Å²) in [4.78, 5) is 0. The van der Waals surface area contributed by atoms with Crippen molar-refractivity contribution in [3.63, 3.8) is 0 Å². The molecule has 0 aromatic heterocycles. The topological polar surface area (TPSA) is 26.0 Å². The molecule has 0 aliphatic rings. The predicted molar refractivity (Wildman–Crippen MR) is 74.5 cm³/mol. The second-order valence-electron chi connectivity index (χ2n) is 4.01. The summed E-state index contributed by atoms with van der Waals surface area (Å²) >= 11 is 12.2. The van der Waals surface area contributed by atoms with Gasteiger partial charge in [0.05, 0.1) is 10.0 Å². The molecule has 2 rings (SSSR count). The number of benzene rings is 2. The van der Waals surface area contributed by atoms with E-state index in [4.69, 9.17) is 28.9 Å². The van der Waals surface area contributed by atoms with Crippen LogP contribution in [0.1, 0.15) is 18.5 Å². The molecule has 0 saturated carbocycles. The Hall–Kier alpha value is -1.02. The highest BCUT2D eigenvalue weighted by Gasteiger charge is 2.07. The summed E-state index contributed by atoms with van der Waals surface area (Å²) < 4.78 is 0. The van der Waals surface area contributed by atoms with E-state index in [0.717, 1.165) is 16.7 Å². The van der Waals surface area contributed by atoms with Crippen molar-refractivity contribution in [3.05, 3.63) is 58.1 Å². The molecule has 0 amide bonds. The van der Waals surface area contributed by atoms with E-state index in [1.165, 1.54) is 0 Å². The molecular weight excluding hydrogens is 253 g/mol. The van der Waals surface area contributed by atoms with Crippen LogP contribution in [-0.2, 0) is 0 Å². The fourth-order valence-corrected chi connectivity index (χ4v) is 2.10. The van der Waals surface area contributed by atoms with Crippen LogP contribution in [0.15, 0.2) is 42.5 Å². The fourth-order valence-electron chi connectivity index (χ4n) is 1.69. The molecule has 2 aromatic rings. The largest absolute Gasteiger partial charge is 0.324 e. The first kappa shape index (κ1) is 12.4. The Morgan fingerprint density at radius 2 is 1.65 bits per heavy atom. The van der Waals surface area contributed by atoms with E-state index in [0.29, 0.717) is 10.0 Å². The van der Waals surface area contributed by atoms with Gasteiger partial charge >= 0.3 is 0 Å². The average Bonchev–Trinajstić information content (AvgIpc) is 2.33. The smallest absolute Gasteiger partial charge is 0.0670 e. The fraction of sp³-hybridized carbons (Fsp3) is 0.143. The van der Waals surface area contributed by atoms with E-state index in [2.05, 4.69) is 0 Å². The molecule has 17 heavy (non-hydrogen) atoms. The number of hydrogen-bond donors (Lipinski definition) is 1. The maximum absolute atomic E-state index is 6.17. The normalized spacial score (nSPS) is 12.5. The first-order valence-corrected chi connectivity index (χ1v) is 6.15. The van der Waals surface area contributed by atoms with Gasteiger partial charge in [0.15, 0.2) is 0 Å². The Bertz CT molecular complexity index is 518. The van der Waals surface area contributed by atoms with E-state index < -0.39 is 0 Å². The molecule has 0 aliphatic carbocycles. The van der Waals surface area contributed by atoms with Gasteiger partial charge in [-0.25, -0.2) is 0 Å². The summed E-state index contributed by atoms with van der Waals surface area (Å²) in [6.07, 6.45) is 0. The lowest BCUT2D eigenvalue weighted by Crippen LogP contribution is -2.04. The van der Waals surface area contributed by atoms with E-state index in [1.54, 1.807) is 6.07 Å². The van der Waals surface area contributed by atoms with Crippen LogP contribution < -0.4 is 5.73 Å². The minimum atomic E-state index is 0.0406. The van der Waals surface area contributed by atoms with Crippen molar-refractivity contribution in [1.29, 1.82) is 0 Å². The van der Waals surface area contributed by atoms with Crippen molar-refractivity contribution in [2.75, 3.05) is 0 Å². The van der Waals surface area contributed by atoms with Crippen molar-refractivity contribution in [3.8, 4) is 11.1 Å². The lowest BCUT2D eigenvalue weighted by atomic mass is 10.0. The summed E-state index contributed by atoms with van der Waals surface area (Å²) in [6, 6.07) is 13.7. The second kappa shape index (κ2) is 5.09. The van der Waals surface area contributed by atoms with Crippen molar-refractivity contribution in [2.45, 2.75) is 13.0 Å². The number of halogens is 2. The molecule has 0 aliphatic heterocycles. The third-order valence-electron chi connectivity index (χ3n) is 2.70. The summed E-state index contributed by atoms with van der Waals surface area (Å²) in [7, 11) is 0. The van der Waals surface area contributed by atoms with Crippen LogP contribution in [-0.4, -0.2) is 0 Å². The SMILES string of the molecule is CC(N)c1ccc(-c2cccc(Cl)c2Cl)cc1. The zero-order chi connectivity index (χ0) is 12.4. The van der Waals surface area contributed by atoms with Gasteiger partial charge < -0.3 is 5.73 Å². The van der Waals surface area contributed by atoms with Crippen LogP contribution in [0.4, 0.5) is 0 Å². The molecule has 3 heteroatoms. The molecule has 0 heterocycles. The van der Waals surface area contributed by atoms with Gasteiger partial charge in [-0.1, -0.05) is 59.6 Å². The molecule has 88 valence electrons. The highest BCUT2D eigenvalue weighted by atomic mass is 35.5. The van der Waals surface area contributed by atoms with Crippen molar-refractivity contribution >= 4 is 23.2 Å². The molecule has 0 fully saturated rings. The van der Waals surface area contributed by atoms with Gasteiger partial charge in [-0.2, -0.15) is 0 Å². The molecule has 0 saturated heterocycles. The minimum absolute atomic E-state index is 0.0406. The molecule has 0 radical (unpaired) electrons. The molecule has 1 nitrogen and oxygen atoms in total. The van der Waals surface area contributed by atoms with Gasteiger partial charge in [0, 0.05) is 11.6 Å². The van der Waals surface area contributed by atoms with E-state index in [-0.39, 0.29) is 6.04 Å². The first-order valence-electron chi connectivity index (χ1n) is 5.39. The summed E-state index contributed by atoms with van der Waals surface area (Å²) in [5.74, 6) is 0. The second-order valence-corrected chi connectivity index (χ2v) is 4.80.